The molecule has 0 aliphatic heterocycles. The van der Waals surface area contributed by atoms with Crippen molar-refractivity contribution in [3.8, 4) is 5.88 Å². The number of rotatable bonds is 7. The summed E-state index contributed by atoms with van der Waals surface area (Å²) in [7, 11) is 0. The van der Waals surface area contributed by atoms with Crippen LogP contribution in [-0.4, -0.2) is 26.0 Å². The highest BCUT2D eigenvalue weighted by atomic mass is 16.5. The Balaban J connectivity index is 1.36. The van der Waals surface area contributed by atoms with E-state index >= 15 is 0 Å². The lowest BCUT2D eigenvalue weighted by Crippen LogP contribution is -2.51. The van der Waals surface area contributed by atoms with Gasteiger partial charge in [0.2, 0.25) is 11.8 Å². The van der Waals surface area contributed by atoms with Gasteiger partial charge in [0.15, 0.2) is 5.82 Å². The van der Waals surface area contributed by atoms with Crippen LogP contribution >= 0.6 is 0 Å². The highest BCUT2D eigenvalue weighted by molar-refractivity contribution is 5.93. The average molecular weight is 405 g/mol. The number of pyridine rings is 2. The maximum Gasteiger partial charge on any atom is 0.270 e. The Morgan fingerprint density at radius 3 is 2.73 bits per heavy atom. The van der Waals surface area contributed by atoms with E-state index in [4.69, 9.17) is 9.26 Å². The molecule has 2 saturated carbocycles. The van der Waals surface area contributed by atoms with Crippen molar-refractivity contribution in [2.24, 2.45) is 0 Å². The van der Waals surface area contributed by atoms with Crippen LogP contribution in [0.15, 0.2) is 41.1 Å². The largest absolute Gasteiger partial charge is 0.471 e. The molecule has 3 heterocycles. The topological polar surface area (TPSA) is 103 Å². The summed E-state index contributed by atoms with van der Waals surface area (Å²) in [4.78, 5) is 26.2. The first-order valence-corrected chi connectivity index (χ1v) is 10.3. The van der Waals surface area contributed by atoms with Gasteiger partial charge in [-0.3, -0.25) is 9.78 Å². The molecular weight excluding hydrogens is 382 g/mol. The fourth-order valence-electron chi connectivity index (χ4n) is 3.73. The Labute approximate surface area is 174 Å². The predicted octanol–water partition coefficient (Wildman–Crippen LogP) is 3.43. The second-order valence-electron chi connectivity index (χ2n) is 8.00. The molecule has 8 heteroatoms. The van der Waals surface area contributed by atoms with Crippen LogP contribution in [0.1, 0.15) is 71.5 Å². The number of nitrogens with zero attached hydrogens (tertiary/aromatic N) is 4. The molecule has 0 bridgehead atoms. The van der Waals surface area contributed by atoms with Gasteiger partial charge in [0.1, 0.15) is 17.8 Å². The lowest BCUT2D eigenvalue weighted by Gasteiger charge is -2.39. The molecule has 30 heavy (non-hydrogen) atoms. The van der Waals surface area contributed by atoms with Crippen LogP contribution in [0.4, 0.5) is 0 Å². The third-order valence-corrected chi connectivity index (χ3v) is 5.74. The maximum absolute atomic E-state index is 13.0. The number of carbonyl (C=O) groups is 1. The molecule has 3 aromatic heterocycles. The van der Waals surface area contributed by atoms with E-state index in [1.165, 1.54) is 0 Å². The van der Waals surface area contributed by atoms with Gasteiger partial charge in [-0.1, -0.05) is 17.3 Å². The third kappa shape index (κ3) is 3.65. The molecule has 8 nitrogen and oxygen atoms in total. The van der Waals surface area contributed by atoms with E-state index in [-0.39, 0.29) is 5.91 Å². The highest BCUT2D eigenvalue weighted by Crippen LogP contribution is 2.44. The minimum absolute atomic E-state index is 0.262. The van der Waals surface area contributed by atoms with Gasteiger partial charge in [0, 0.05) is 18.7 Å². The molecule has 2 aliphatic carbocycles. The van der Waals surface area contributed by atoms with Gasteiger partial charge >= 0.3 is 0 Å². The van der Waals surface area contributed by atoms with Gasteiger partial charge in [-0.25, -0.2) is 4.98 Å². The lowest BCUT2D eigenvalue weighted by atomic mass is 9.76. The van der Waals surface area contributed by atoms with Crippen LogP contribution in [0, 0.1) is 6.92 Å². The average Bonchev–Trinajstić information content (AvgIpc) is 3.50. The molecule has 0 spiro atoms. The van der Waals surface area contributed by atoms with Gasteiger partial charge in [-0.15, -0.1) is 0 Å². The van der Waals surface area contributed by atoms with Crippen molar-refractivity contribution in [3.05, 3.63) is 65.2 Å². The molecular formula is C22H23N5O3. The molecule has 2 fully saturated rings. The molecule has 154 valence electrons. The SMILES string of the molecule is Cc1nc(C2(NC(=O)c3ccc(C4CC4)c(OCc4ccccn4)n3)CCC2)no1. The Hall–Kier alpha value is -3.29. The van der Waals surface area contributed by atoms with Crippen LogP contribution in [0.3, 0.4) is 0 Å². The number of aromatic nitrogens is 4. The van der Waals surface area contributed by atoms with Crippen molar-refractivity contribution in [1.29, 1.82) is 0 Å². The maximum atomic E-state index is 13.0. The molecule has 0 atom stereocenters. The number of nitrogens with one attached hydrogen (secondary N) is 1. The molecule has 5 rings (SSSR count). The van der Waals surface area contributed by atoms with E-state index in [9.17, 15) is 4.79 Å². The fraction of sp³-hybridized carbons (Fsp3) is 0.409. The van der Waals surface area contributed by atoms with Gasteiger partial charge < -0.3 is 14.6 Å². The van der Waals surface area contributed by atoms with E-state index in [2.05, 4.69) is 25.4 Å². The van der Waals surface area contributed by atoms with E-state index in [0.29, 0.717) is 35.8 Å². The summed E-state index contributed by atoms with van der Waals surface area (Å²) in [5.41, 5.74) is 1.61. The summed E-state index contributed by atoms with van der Waals surface area (Å²) in [5.74, 6) is 1.72. The number of hydrogen-bond donors (Lipinski definition) is 1. The quantitative estimate of drug-likeness (QED) is 0.642. The van der Waals surface area contributed by atoms with Crippen molar-refractivity contribution in [3.63, 3.8) is 0 Å². The van der Waals surface area contributed by atoms with Crippen LogP contribution in [0.25, 0.3) is 0 Å². The molecule has 1 amide bonds. The first-order chi connectivity index (χ1) is 14.6. The smallest absolute Gasteiger partial charge is 0.270 e. The summed E-state index contributed by atoms with van der Waals surface area (Å²) in [5, 5.41) is 7.12. The van der Waals surface area contributed by atoms with Crippen molar-refractivity contribution < 1.29 is 14.1 Å². The van der Waals surface area contributed by atoms with E-state index in [0.717, 1.165) is 43.4 Å². The monoisotopic (exact) mass is 405 g/mol. The Bertz CT molecular complexity index is 1060. The molecule has 0 aromatic carbocycles. The van der Waals surface area contributed by atoms with E-state index < -0.39 is 5.54 Å². The Morgan fingerprint density at radius 1 is 1.23 bits per heavy atom. The molecule has 0 unspecified atom stereocenters. The molecule has 3 aromatic rings. The Kier molecular flexibility index (Phi) is 4.69. The zero-order valence-corrected chi connectivity index (χ0v) is 16.8. The van der Waals surface area contributed by atoms with Gasteiger partial charge in [0.25, 0.3) is 5.91 Å². The van der Waals surface area contributed by atoms with Crippen LogP contribution in [0.2, 0.25) is 0 Å². The first kappa shape index (κ1) is 18.7. The molecule has 1 N–H and O–H groups in total. The minimum Gasteiger partial charge on any atom is -0.471 e. The van der Waals surface area contributed by atoms with Crippen LogP contribution in [-0.2, 0) is 12.1 Å². The summed E-state index contributed by atoms with van der Waals surface area (Å²) in [6, 6.07) is 9.41. The molecule has 0 saturated heterocycles. The second kappa shape index (κ2) is 7.51. The van der Waals surface area contributed by atoms with Crippen molar-refractivity contribution in [1.82, 2.24) is 25.4 Å². The number of ether oxygens (including phenoxy) is 1. The van der Waals surface area contributed by atoms with Gasteiger partial charge in [-0.2, -0.15) is 4.98 Å². The Morgan fingerprint density at radius 2 is 2.10 bits per heavy atom. The van der Waals surface area contributed by atoms with Crippen molar-refractivity contribution >= 4 is 5.91 Å². The van der Waals surface area contributed by atoms with E-state index in [1.807, 2.05) is 24.3 Å². The zero-order chi connectivity index (χ0) is 20.6. The fourth-order valence-corrected chi connectivity index (χ4v) is 3.73. The lowest BCUT2D eigenvalue weighted by molar-refractivity contribution is 0.0798. The number of carbonyl (C=O) groups excluding carboxylic acids is 1. The predicted molar refractivity (Wildman–Crippen MR) is 107 cm³/mol. The van der Waals surface area contributed by atoms with Crippen molar-refractivity contribution in [2.75, 3.05) is 0 Å². The number of amides is 1. The summed E-state index contributed by atoms with van der Waals surface area (Å²) in [6.45, 7) is 2.05. The van der Waals surface area contributed by atoms with Crippen molar-refractivity contribution in [2.45, 2.75) is 57.1 Å². The summed E-state index contributed by atoms with van der Waals surface area (Å²) in [6.07, 6.45) is 6.53. The van der Waals surface area contributed by atoms with Crippen LogP contribution in [0.5, 0.6) is 5.88 Å². The van der Waals surface area contributed by atoms with E-state index in [1.54, 1.807) is 19.2 Å². The van der Waals surface area contributed by atoms with Gasteiger partial charge in [-0.05, 0) is 56.2 Å². The standard InChI is InChI=1S/C22H23N5O3/c1-14-24-21(27-30-14)22(10-4-11-22)26-19(28)18-9-8-17(15-6-7-15)20(25-18)29-13-16-5-2-3-12-23-16/h2-3,5,8-9,12,15H,4,6-7,10-11,13H2,1H3,(H,26,28). The molecule has 2 aliphatic rings. The number of aryl methyl sites for hydroxylation is 1. The van der Waals surface area contributed by atoms with Gasteiger partial charge in [0.05, 0.1) is 5.69 Å². The normalized spacial score (nSPS) is 17.2. The third-order valence-electron chi connectivity index (χ3n) is 5.74. The number of hydrogen-bond acceptors (Lipinski definition) is 7. The highest BCUT2D eigenvalue weighted by Gasteiger charge is 2.44. The van der Waals surface area contributed by atoms with Crippen LogP contribution < -0.4 is 10.1 Å². The second-order valence-corrected chi connectivity index (χ2v) is 8.00. The summed E-state index contributed by atoms with van der Waals surface area (Å²) >= 11 is 0. The zero-order valence-electron chi connectivity index (χ0n) is 16.8. The first-order valence-electron chi connectivity index (χ1n) is 10.3. The summed E-state index contributed by atoms with van der Waals surface area (Å²) < 4.78 is 11.1. The molecule has 0 radical (unpaired) electrons. The minimum atomic E-state index is -0.583.